The topological polar surface area (TPSA) is 39.7 Å². The van der Waals surface area contributed by atoms with E-state index in [0.29, 0.717) is 32.0 Å². The Morgan fingerprint density at radius 3 is 2.62 bits per heavy atom. The van der Waals surface area contributed by atoms with Crippen molar-refractivity contribution in [3.8, 4) is 0 Å². The van der Waals surface area contributed by atoms with Gasteiger partial charge in [-0.2, -0.15) is 13.2 Å². The molecule has 2 N–H and O–H groups in total. The molecule has 1 aromatic carbocycles. The van der Waals surface area contributed by atoms with Crippen LogP contribution in [0.2, 0.25) is 0 Å². The fourth-order valence-corrected chi connectivity index (χ4v) is 3.07. The Morgan fingerprint density at radius 2 is 2.04 bits per heavy atom. The minimum Gasteiger partial charge on any atom is -0.352 e. The van der Waals surface area contributed by atoms with Gasteiger partial charge in [0.2, 0.25) is 0 Å². The summed E-state index contributed by atoms with van der Waals surface area (Å²) >= 11 is 1.69. The van der Waals surface area contributed by atoms with Gasteiger partial charge in [0, 0.05) is 37.6 Å². The SMILES string of the molecule is CN=C(NCc1ccc(SC)cc1)NC1CCN(CC(F)(F)F)C1. The second-order valence-electron chi connectivity index (χ2n) is 5.75. The Morgan fingerprint density at radius 1 is 1.33 bits per heavy atom. The van der Waals surface area contributed by atoms with Crippen molar-refractivity contribution in [2.45, 2.75) is 30.1 Å². The number of hydrogen-bond donors (Lipinski definition) is 2. The van der Waals surface area contributed by atoms with Gasteiger partial charge in [-0.3, -0.25) is 9.89 Å². The lowest BCUT2D eigenvalue weighted by atomic mass is 10.2. The summed E-state index contributed by atoms with van der Waals surface area (Å²) in [6, 6.07) is 8.20. The first-order valence-electron chi connectivity index (χ1n) is 7.79. The van der Waals surface area contributed by atoms with Gasteiger partial charge in [-0.15, -0.1) is 11.8 Å². The zero-order chi connectivity index (χ0) is 17.6. The first kappa shape index (κ1) is 18.9. The second kappa shape index (κ2) is 8.62. The van der Waals surface area contributed by atoms with Crippen LogP contribution in [0, 0.1) is 0 Å². The molecule has 1 aliphatic rings. The number of rotatable bonds is 5. The predicted octanol–water partition coefficient (Wildman–Crippen LogP) is 2.71. The van der Waals surface area contributed by atoms with Crippen molar-refractivity contribution in [1.82, 2.24) is 15.5 Å². The van der Waals surface area contributed by atoms with Gasteiger partial charge < -0.3 is 10.6 Å². The van der Waals surface area contributed by atoms with Gasteiger partial charge in [0.15, 0.2) is 5.96 Å². The average molecular weight is 360 g/mol. The molecule has 1 saturated heterocycles. The summed E-state index contributed by atoms with van der Waals surface area (Å²) in [7, 11) is 1.66. The minimum absolute atomic E-state index is 0.0163. The van der Waals surface area contributed by atoms with Crippen LogP contribution in [-0.2, 0) is 6.54 Å². The van der Waals surface area contributed by atoms with Crippen molar-refractivity contribution in [1.29, 1.82) is 0 Å². The molecule has 2 rings (SSSR count). The summed E-state index contributed by atoms with van der Waals surface area (Å²) < 4.78 is 37.3. The summed E-state index contributed by atoms with van der Waals surface area (Å²) in [5, 5.41) is 6.40. The van der Waals surface area contributed by atoms with Gasteiger partial charge in [-0.1, -0.05) is 12.1 Å². The van der Waals surface area contributed by atoms with Crippen molar-refractivity contribution in [2.75, 3.05) is 32.9 Å². The summed E-state index contributed by atoms with van der Waals surface area (Å²) in [6.07, 6.45) is -1.43. The van der Waals surface area contributed by atoms with E-state index in [1.807, 2.05) is 18.4 Å². The van der Waals surface area contributed by atoms with E-state index < -0.39 is 12.7 Å². The van der Waals surface area contributed by atoms with Crippen molar-refractivity contribution in [3.63, 3.8) is 0 Å². The van der Waals surface area contributed by atoms with Gasteiger partial charge in [-0.05, 0) is 30.4 Å². The summed E-state index contributed by atoms with van der Waals surface area (Å²) in [4.78, 5) is 6.78. The molecular weight excluding hydrogens is 337 g/mol. The van der Waals surface area contributed by atoms with Crippen molar-refractivity contribution < 1.29 is 13.2 Å². The lowest BCUT2D eigenvalue weighted by Crippen LogP contribution is -2.44. The van der Waals surface area contributed by atoms with E-state index >= 15 is 0 Å². The van der Waals surface area contributed by atoms with Gasteiger partial charge in [0.25, 0.3) is 0 Å². The molecule has 1 aliphatic heterocycles. The maximum Gasteiger partial charge on any atom is 0.401 e. The summed E-state index contributed by atoms with van der Waals surface area (Å²) in [6.45, 7) is 0.596. The number of hydrogen-bond acceptors (Lipinski definition) is 3. The van der Waals surface area contributed by atoms with E-state index in [9.17, 15) is 13.2 Å². The van der Waals surface area contributed by atoms with E-state index in [2.05, 4.69) is 27.8 Å². The fourth-order valence-electron chi connectivity index (χ4n) is 2.66. The van der Waals surface area contributed by atoms with E-state index in [1.54, 1.807) is 18.8 Å². The van der Waals surface area contributed by atoms with Crippen LogP contribution in [0.5, 0.6) is 0 Å². The molecule has 0 aliphatic carbocycles. The number of aliphatic imine (C=N–C) groups is 1. The van der Waals surface area contributed by atoms with Crippen LogP contribution in [0.25, 0.3) is 0 Å². The van der Waals surface area contributed by atoms with Crippen LogP contribution in [-0.4, -0.2) is 56.0 Å². The number of nitrogens with zero attached hydrogens (tertiary/aromatic N) is 2. The number of guanidine groups is 1. The Kier molecular flexibility index (Phi) is 6.79. The highest BCUT2D eigenvalue weighted by Gasteiger charge is 2.34. The van der Waals surface area contributed by atoms with Gasteiger partial charge in [0.05, 0.1) is 6.54 Å². The third kappa shape index (κ3) is 6.24. The normalized spacial score (nSPS) is 19.5. The molecule has 0 saturated carbocycles. The van der Waals surface area contributed by atoms with Crippen molar-refractivity contribution in [3.05, 3.63) is 29.8 Å². The van der Waals surface area contributed by atoms with E-state index in [1.165, 1.54) is 9.80 Å². The van der Waals surface area contributed by atoms with Crippen molar-refractivity contribution >= 4 is 17.7 Å². The largest absolute Gasteiger partial charge is 0.401 e. The van der Waals surface area contributed by atoms with Gasteiger partial charge in [-0.25, -0.2) is 0 Å². The molecule has 0 bridgehead atoms. The first-order chi connectivity index (χ1) is 11.4. The molecule has 8 heteroatoms. The molecule has 24 heavy (non-hydrogen) atoms. The zero-order valence-electron chi connectivity index (χ0n) is 13.9. The number of nitrogens with one attached hydrogen (secondary N) is 2. The quantitative estimate of drug-likeness (QED) is 0.481. The van der Waals surface area contributed by atoms with Crippen LogP contribution in [0.15, 0.2) is 34.2 Å². The van der Waals surface area contributed by atoms with Crippen LogP contribution >= 0.6 is 11.8 Å². The zero-order valence-corrected chi connectivity index (χ0v) is 14.7. The Hall–Kier alpha value is -1.41. The van der Waals surface area contributed by atoms with Crippen LogP contribution < -0.4 is 10.6 Å². The summed E-state index contributed by atoms with van der Waals surface area (Å²) in [5.74, 6) is 0.614. The third-order valence-corrected chi connectivity index (χ3v) is 4.60. The molecule has 0 radical (unpaired) electrons. The maximum absolute atomic E-state index is 12.4. The molecule has 0 amide bonds. The van der Waals surface area contributed by atoms with Crippen LogP contribution in [0.3, 0.4) is 0 Å². The molecule has 1 heterocycles. The van der Waals surface area contributed by atoms with E-state index in [4.69, 9.17) is 0 Å². The smallest absolute Gasteiger partial charge is 0.352 e. The van der Waals surface area contributed by atoms with Gasteiger partial charge >= 0.3 is 6.18 Å². The highest BCUT2D eigenvalue weighted by atomic mass is 32.2. The Bertz CT molecular complexity index is 545. The second-order valence-corrected chi connectivity index (χ2v) is 6.63. The molecule has 1 atom stereocenters. The molecule has 4 nitrogen and oxygen atoms in total. The minimum atomic E-state index is -4.14. The number of likely N-dealkylation sites (tertiary alicyclic amines) is 1. The molecule has 1 aromatic rings. The van der Waals surface area contributed by atoms with E-state index in [0.717, 1.165) is 5.56 Å². The lowest BCUT2D eigenvalue weighted by Gasteiger charge is -2.19. The maximum atomic E-state index is 12.4. The summed E-state index contributed by atoms with van der Waals surface area (Å²) in [5.41, 5.74) is 1.13. The highest BCUT2D eigenvalue weighted by molar-refractivity contribution is 7.98. The molecule has 0 spiro atoms. The molecular formula is C16H23F3N4S. The molecule has 134 valence electrons. The standard InChI is InChI=1S/C16H23F3N4S/c1-20-15(21-9-12-3-5-14(24-2)6-4-12)22-13-7-8-23(10-13)11-16(17,18)19/h3-6,13H,7-11H2,1-2H3,(H2,20,21,22). The number of halogens is 3. The molecule has 1 fully saturated rings. The first-order valence-corrected chi connectivity index (χ1v) is 9.01. The fraction of sp³-hybridized carbons (Fsp3) is 0.562. The van der Waals surface area contributed by atoms with E-state index in [-0.39, 0.29) is 6.04 Å². The number of benzene rings is 1. The van der Waals surface area contributed by atoms with Gasteiger partial charge in [0.1, 0.15) is 0 Å². The Balaban J connectivity index is 1.78. The number of alkyl halides is 3. The number of thioether (sulfide) groups is 1. The predicted molar refractivity (Wildman–Crippen MR) is 92.5 cm³/mol. The third-order valence-electron chi connectivity index (χ3n) is 3.86. The molecule has 0 aromatic heterocycles. The lowest BCUT2D eigenvalue weighted by molar-refractivity contribution is -0.143. The van der Waals surface area contributed by atoms with Crippen LogP contribution in [0.1, 0.15) is 12.0 Å². The average Bonchev–Trinajstić information content (AvgIpc) is 2.96. The highest BCUT2D eigenvalue weighted by Crippen LogP contribution is 2.20. The monoisotopic (exact) mass is 360 g/mol. The van der Waals surface area contributed by atoms with Crippen molar-refractivity contribution in [2.24, 2.45) is 4.99 Å². The molecule has 1 unspecified atom stereocenters. The Labute approximate surface area is 144 Å². The van der Waals surface area contributed by atoms with Crippen LogP contribution in [0.4, 0.5) is 13.2 Å².